The van der Waals surface area contributed by atoms with Crippen LogP contribution in [0.2, 0.25) is 0 Å². The van der Waals surface area contributed by atoms with Crippen LogP contribution in [0.4, 0.5) is 11.4 Å². The fraction of sp³-hybridized carbons (Fsp3) is 0.185. The molecule has 3 aromatic carbocycles. The van der Waals surface area contributed by atoms with Gasteiger partial charge in [0.05, 0.1) is 17.4 Å². The summed E-state index contributed by atoms with van der Waals surface area (Å²) in [4.78, 5) is 28.4. The summed E-state index contributed by atoms with van der Waals surface area (Å²) in [7, 11) is 0. The van der Waals surface area contributed by atoms with Crippen molar-refractivity contribution in [2.75, 3.05) is 17.0 Å². The molecule has 0 bridgehead atoms. The second kappa shape index (κ2) is 8.59. The zero-order valence-electron chi connectivity index (χ0n) is 19.1. The van der Waals surface area contributed by atoms with E-state index in [1.54, 1.807) is 48.5 Å². The molecule has 5 rings (SSSR count). The topological polar surface area (TPSA) is 77.1 Å². The molecule has 0 spiro atoms. The van der Waals surface area contributed by atoms with Crippen LogP contribution in [0.5, 0.6) is 17.2 Å². The maximum atomic E-state index is 13.6. The van der Waals surface area contributed by atoms with Gasteiger partial charge in [-0.1, -0.05) is 24.3 Å². The van der Waals surface area contributed by atoms with E-state index in [4.69, 9.17) is 14.2 Å². The Morgan fingerprint density at radius 1 is 0.912 bits per heavy atom. The first-order valence-corrected chi connectivity index (χ1v) is 11.0. The molecule has 2 aliphatic rings. The third-order valence-electron chi connectivity index (χ3n) is 5.50. The van der Waals surface area contributed by atoms with Crippen LogP contribution < -0.4 is 24.4 Å². The summed E-state index contributed by atoms with van der Waals surface area (Å²) in [6.07, 6.45) is 0.0276. The van der Waals surface area contributed by atoms with Gasteiger partial charge >= 0.3 is 0 Å². The van der Waals surface area contributed by atoms with Crippen molar-refractivity contribution in [3.63, 3.8) is 0 Å². The standard InChI is InChI=1S/C27H24N2O5/c1-16(2)34-21-10-7-18(8-11-21)24-25(28-19-9-12-22-23(14-19)33-15-32-22)27(31)29(26(24)30)20-6-4-5-17(3)13-20/h4-14,16,28H,15H2,1-3H3. The molecule has 0 saturated carbocycles. The number of benzene rings is 3. The van der Waals surface area contributed by atoms with E-state index in [1.165, 1.54) is 4.90 Å². The Labute approximate surface area is 197 Å². The molecule has 0 radical (unpaired) electrons. The lowest BCUT2D eigenvalue weighted by Crippen LogP contribution is -2.32. The number of fused-ring (bicyclic) bond motifs is 1. The van der Waals surface area contributed by atoms with E-state index >= 15 is 0 Å². The van der Waals surface area contributed by atoms with Gasteiger partial charge in [-0.3, -0.25) is 9.59 Å². The first-order chi connectivity index (χ1) is 16.4. The summed E-state index contributed by atoms with van der Waals surface area (Å²) in [6, 6.07) is 19.8. The molecule has 172 valence electrons. The molecule has 0 aliphatic carbocycles. The summed E-state index contributed by atoms with van der Waals surface area (Å²) in [6.45, 7) is 5.96. The van der Waals surface area contributed by atoms with Gasteiger partial charge in [0.1, 0.15) is 11.4 Å². The van der Waals surface area contributed by atoms with E-state index in [0.29, 0.717) is 39.8 Å². The molecular formula is C27H24N2O5. The number of hydrogen-bond acceptors (Lipinski definition) is 6. The van der Waals surface area contributed by atoms with Gasteiger partial charge in [0.2, 0.25) is 6.79 Å². The van der Waals surface area contributed by atoms with Crippen molar-refractivity contribution in [3.05, 3.63) is 83.6 Å². The first kappa shape index (κ1) is 21.6. The summed E-state index contributed by atoms with van der Waals surface area (Å²) in [5, 5.41) is 3.16. The molecule has 3 aromatic rings. The number of aryl methyl sites for hydroxylation is 1. The first-order valence-electron chi connectivity index (χ1n) is 11.0. The number of nitrogens with one attached hydrogen (secondary N) is 1. The van der Waals surface area contributed by atoms with E-state index in [9.17, 15) is 9.59 Å². The molecule has 0 saturated heterocycles. The second-order valence-corrected chi connectivity index (χ2v) is 8.42. The highest BCUT2D eigenvalue weighted by molar-refractivity contribution is 6.46. The minimum atomic E-state index is -0.425. The highest BCUT2D eigenvalue weighted by Gasteiger charge is 2.40. The van der Waals surface area contributed by atoms with E-state index in [-0.39, 0.29) is 18.6 Å². The maximum Gasteiger partial charge on any atom is 0.282 e. The fourth-order valence-electron chi connectivity index (χ4n) is 4.01. The minimum Gasteiger partial charge on any atom is -0.491 e. The Balaban J connectivity index is 1.56. The number of anilines is 2. The summed E-state index contributed by atoms with van der Waals surface area (Å²) < 4.78 is 16.6. The van der Waals surface area contributed by atoms with Gasteiger partial charge in [-0.05, 0) is 68.3 Å². The lowest BCUT2D eigenvalue weighted by atomic mass is 10.0. The molecule has 0 unspecified atom stereocenters. The summed E-state index contributed by atoms with van der Waals surface area (Å²) >= 11 is 0. The molecule has 1 N–H and O–H groups in total. The average molecular weight is 456 g/mol. The average Bonchev–Trinajstić information content (AvgIpc) is 3.36. The molecule has 7 nitrogen and oxygen atoms in total. The van der Waals surface area contributed by atoms with Crippen LogP contribution in [0.3, 0.4) is 0 Å². The predicted octanol–water partition coefficient (Wildman–Crippen LogP) is 4.91. The number of amides is 2. The molecule has 2 heterocycles. The van der Waals surface area contributed by atoms with Crippen molar-refractivity contribution in [2.24, 2.45) is 0 Å². The molecule has 0 fully saturated rings. The van der Waals surface area contributed by atoms with Gasteiger partial charge in [0, 0.05) is 11.8 Å². The Morgan fingerprint density at radius 2 is 1.68 bits per heavy atom. The van der Waals surface area contributed by atoms with Crippen molar-refractivity contribution < 1.29 is 23.8 Å². The van der Waals surface area contributed by atoms with E-state index in [0.717, 1.165) is 5.56 Å². The van der Waals surface area contributed by atoms with Crippen LogP contribution in [0.1, 0.15) is 25.0 Å². The quantitative estimate of drug-likeness (QED) is 0.532. The van der Waals surface area contributed by atoms with Gasteiger partial charge in [-0.25, -0.2) is 4.90 Å². The Hall–Kier alpha value is -4.26. The fourth-order valence-corrected chi connectivity index (χ4v) is 4.01. The molecule has 0 atom stereocenters. The van der Waals surface area contributed by atoms with Gasteiger partial charge in [0.15, 0.2) is 11.5 Å². The van der Waals surface area contributed by atoms with Crippen molar-refractivity contribution in [1.82, 2.24) is 0 Å². The van der Waals surface area contributed by atoms with Gasteiger partial charge in [0.25, 0.3) is 11.8 Å². The van der Waals surface area contributed by atoms with Crippen LogP contribution in [0, 0.1) is 6.92 Å². The number of carbonyl (C=O) groups is 2. The zero-order valence-corrected chi connectivity index (χ0v) is 19.1. The smallest absolute Gasteiger partial charge is 0.282 e. The molecule has 2 aliphatic heterocycles. The van der Waals surface area contributed by atoms with Crippen LogP contribution in [0.15, 0.2) is 72.4 Å². The van der Waals surface area contributed by atoms with E-state index in [2.05, 4.69) is 5.32 Å². The summed E-state index contributed by atoms with van der Waals surface area (Å²) in [5.74, 6) is 1.09. The molecule has 34 heavy (non-hydrogen) atoms. The summed E-state index contributed by atoms with van der Waals surface area (Å²) in [5.41, 5.74) is 3.20. The van der Waals surface area contributed by atoms with Crippen molar-refractivity contribution >= 4 is 28.8 Å². The second-order valence-electron chi connectivity index (χ2n) is 8.42. The minimum absolute atomic E-state index is 0.0276. The van der Waals surface area contributed by atoms with Crippen LogP contribution >= 0.6 is 0 Å². The molecular weight excluding hydrogens is 432 g/mol. The highest BCUT2D eigenvalue weighted by Crippen LogP contribution is 2.38. The number of hydrogen-bond donors (Lipinski definition) is 1. The van der Waals surface area contributed by atoms with Crippen molar-refractivity contribution in [3.8, 4) is 17.2 Å². The van der Waals surface area contributed by atoms with Crippen LogP contribution in [-0.4, -0.2) is 24.7 Å². The number of imide groups is 1. The van der Waals surface area contributed by atoms with Crippen molar-refractivity contribution in [2.45, 2.75) is 26.9 Å². The molecule has 0 aromatic heterocycles. The maximum absolute atomic E-state index is 13.6. The number of carbonyl (C=O) groups excluding carboxylic acids is 2. The van der Waals surface area contributed by atoms with E-state index < -0.39 is 11.8 Å². The third-order valence-corrected chi connectivity index (χ3v) is 5.50. The van der Waals surface area contributed by atoms with Crippen LogP contribution in [-0.2, 0) is 9.59 Å². The number of nitrogens with zero attached hydrogens (tertiary/aromatic N) is 1. The van der Waals surface area contributed by atoms with Gasteiger partial charge < -0.3 is 19.5 Å². The monoisotopic (exact) mass is 456 g/mol. The normalized spacial score (nSPS) is 14.9. The SMILES string of the molecule is Cc1cccc(N2C(=O)C(Nc3ccc4c(c3)OCO4)=C(c3ccc(OC(C)C)cc3)C2=O)c1. The zero-order chi connectivity index (χ0) is 23.8. The predicted molar refractivity (Wildman–Crippen MR) is 129 cm³/mol. The lowest BCUT2D eigenvalue weighted by Gasteiger charge is -2.16. The molecule has 7 heteroatoms. The lowest BCUT2D eigenvalue weighted by molar-refractivity contribution is -0.120. The number of rotatable bonds is 6. The molecule has 2 amide bonds. The number of ether oxygens (including phenoxy) is 3. The Bertz CT molecular complexity index is 1310. The van der Waals surface area contributed by atoms with Gasteiger partial charge in [-0.2, -0.15) is 0 Å². The Morgan fingerprint density at radius 3 is 2.41 bits per heavy atom. The highest BCUT2D eigenvalue weighted by atomic mass is 16.7. The third kappa shape index (κ3) is 3.96. The van der Waals surface area contributed by atoms with E-state index in [1.807, 2.05) is 39.0 Å². The van der Waals surface area contributed by atoms with Crippen molar-refractivity contribution in [1.29, 1.82) is 0 Å². The van der Waals surface area contributed by atoms with Gasteiger partial charge in [-0.15, -0.1) is 0 Å². The largest absolute Gasteiger partial charge is 0.491 e. The van der Waals surface area contributed by atoms with Crippen LogP contribution in [0.25, 0.3) is 5.57 Å². The Kier molecular flexibility index (Phi) is 5.45.